The molecule has 7 aromatic rings. The van der Waals surface area contributed by atoms with Gasteiger partial charge in [-0.15, -0.1) is 11.3 Å². The van der Waals surface area contributed by atoms with Crippen molar-refractivity contribution in [1.82, 2.24) is 4.57 Å². The number of nitriles is 1. The van der Waals surface area contributed by atoms with E-state index in [0.29, 0.717) is 5.56 Å². The second-order valence-corrected chi connectivity index (χ2v) is 9.57. The van der Waals surface area contributed by atoms with E-state index in [9.17, 15) is 5.26 Å². The van der Waals surface area contributed by atoms with E-state index in [1.165, 1.54) is 30.9 Å². The largest absolute Gasteiger partial charge is 0.309 e. The van der Waals surface area contributed by atoms with Crippen molar-refractivity contribution in [2.45, 2.75) is 0 Å². The Kier molecular flexibility index (Phi) is 4.11. The summed E-state index contributed by atoms with van der Waals surface area (Å²) in [6, 6.07) is 40.6. The molecule has 0 N–H and O–H groups in total. The Hall–Kier alpha value is -4.39. The molecule has 0 radical (unpaired) electrons. The number of rotatable bonds is 2. The Morgan fingerprint density at radius 1 is 0.588 bits per heavy atom. The molecule has 0 aliphatic heterocycles. The van der Waals surface area contributed by atoms with Gasteiger partial charge in [-0.25, -0.2) is 0 Å². The van der Waals surface area contributed by atoms with E-state index in [-0.39, 0.29) is 0 Å². The van der Waals surface area contributed by atoms with E-state index in [4.69, 9.17) is 0 Å². The summed E-state index contributed by atoms with van der Waals surface area (Å²) in [7, 11) is 0. The summed E-state index contributed by atoms with van der Waals surface area (Å²) in [6.07, 6.45) is 0. The van der Waals surface area contributed by atoms with Gasteiger partial charge in [-0.1, -0.05) is 66.7 Å². The predicted molar refractivity (Wildman–Crippen MR) is 144 cm³/mol. The average molecular weight is 451 g/mol. The van der Waals surface area contributed by atoms with Crippen molar-refractivity contribution < 1.29 is 0 Å². The number of thiophene rings is 1. The third kappa shape index (κ3) is 2.67. The molecular weight excluding hydrogens is 432 g/mol. The van der Waals surface area contributed by atoms with Gasteiger partial charge in [0.15, 0.2) is 0 Å². The maximum absolute atomic E-state index is 9.76. The van der Waals surface area contributed by atoms with E-state index < -0.39 is 0 Å². The molecule has 0 unspecified atom stereocenters. The highest BCUT2D eigenvalue weighted by Gasteiger charge is 2.18. The van der Waals surface area contributed by atoms with Crippen LogP contribution in [0.1, 0.15) is 5.56 Å². The van der Waals surface area contributed by atoms with Crippen molar-refractivity contribution in [3.8, 4) is 22.9 Å². The Labute approximate surface area is 200 Å². The summed E-state index contributed by atoms with van der Waals surface area (Å²) in [5, 5.41) is 14.7. The lowest BCUT2D eigenvalue weighted by atomic mass is 9.96. The summed E-state index contributed by atoms with van der Waals surface area (Å²) in [6.45, 7) is 0. The predicted octanol–water partition coefficient (Wildman–Crippen LogP) is 8.69. The average Bonchev–Trinajstić information content (AvgIpc) is 3.44. The lowest BCUT2D eigenvalue weighted by Crippen LogP contribution is -1.98. The van der Waals surface area contributed by atoms with Crippen molar-refractivity contribution in [2.75, 3.05) is 0 Å². The first-order chi connectivity index (χ1) is 16.8. The Balaban J connectivity index is 1.65. The molecule has 0 spiro atoms. The van der Waals surface area contributed by atoms with Gasteiger partial charge < -0.3 is 4.57 Å². The van der Waals surface area contributed by atoms with Crippen molar-refractivity contribution in [1.29, 1.82) is 5.26 Å². The minimum Gasteiger partial charge on any atom is -0.309 e. The van der Waals surface area contributed by atoms with Crippen molar-refractivity contribution >= 4 is 53.3 Å². The molecule has 0 fully saturated rings. The SMILES string of the molecule is N#Cc1ccc(-n2c3ccccc3c3ccccc32)c(-c2cccc3sc4ccccc4c23)c1. The number of fused-ring (bicyclic) bond motifs is 6. The zero-order valence-corrected chi connectivity index (χ0v) is 19.0. The highest BCUT2D eigenvalue weighted by molar-refractivity contribution is 7.25. The standard InChI is InChI=1S/C31H18N2S/c32-19-20-16-17-28(33-26-12-4-1-8-21(26)22-9-2-5-13-27(22)33)25(18-20)23-11-7-15-30-31(23)24-10-3-6-14-29(24)34-30/h1-18H. The highest BCUT2D eigenvalue weighted by Crippen LogP contribution is 2.43. The van der Waals surface area contributed by atoms with Crippen LogP contribution in [-0.4, -0.2) is 4.57 Å². The van der Waals surface area contributed by atoms with E-state index >= 15 is 0 Å². The summed E-state index contributed by atoms with van der Waals surface area (Å²) in [5.74, 6) is 0. The van der Waals surface area contributed by atoms with Gasteiger partial charge in [-0.3, -0.25) is 0 Å². The molecule has 158 valence electrons. The molecule has 2 aromatic heterocycles. The lowest BCUT2D eigenvalue weighted by Gasteiger charge is -2.15. The fourth-order valence-corrected chi connectivity index (χ4v) is 6.33. The van der Waals surface area contributed by atoms with Gasteiger partial charge in [0, 0.05) is 36.5 Å². The Morgan fingerprint density at radius 3 is 1.97 bits per heavy atom. The number of para-hydroxylation sites is 2. The van der Waals surface area contributed by atoms with Gasteiger partial charge in [0.2, 0.25) is 0 Å². The molecule has 0 aliphatic carbocycles. The normalized spacial score (nSPS) is 11.5. The summed E-state index contributed by atoms with van der Waals surface area (Å²) in [4.78, 5) is 0. The molecule has 0 bridgehead atoms. The summed E-state index contributed by atoms with van der Waals surface area (Å²) >= 11 is 1.82. The van der Waals surface area contributed by atoms with Gasteiger partial charge in [-0.05, 0) is 48.0 Å². The van der Waals surface area contributed by atoms with E-state index in [1.807, 2.05) is 23.5 Å². The van der Waals surface area contributed by atoms with Gasteiger partial charge in [0.25, 0.3) is 0 Å². The Bertz CT molecular complexity index is 1880. The van der Waals surface area contributed by atoms with Gasteiger partial charge in [0.05, 0.1) is 28.4 Å². The fraction of sp³-hybridized carbons (Fsp3) is 0. The summed E-state index contributed by atoms with van der Waals surface area (Å²) < 4.78 is 4.88. The zero-order chi connectivity index (χ0) is 22.6. The van der Waals surface area contributed by atoms with Crippen LogP contribution in [0.15, 0.2) is 109 Å². The number of aromatic nitrogens is 1. The minimum atomic E-state index is 0.663. The quantitative estimate of drug-likeness (QED) is 0.259. The first kappa shape index (κ1) is 19.1. The second kappa shape index (κ2) is 7.31. The molecule has 0 atom stereocenters. The smallest absolute Gasteiger partial charge is 0.0991 e. The molecule has 5 aromatic carbocycles. The van der Waals surface area contributed by atoms with Crippen LogP contribution in [-0.2, 0) is 0 Å². The molecule has 7 rings (SSSR count). The molecule has 3 heteroatoms. The topological polar surface area (TPSA) is 28.7 Å². The third-order valence-corrected chi connectivity index (χ3v) is 7.78. The van der Waals surface area contributed by atoms with Crippen LogP contribution in [0.3, 0.4) is 0 Å². The lowest BCUT2D eigenvalue weighted by molar-refractivity contribution is 1.18. The van der Waals surface area contributed by atoms with Gasteiger partial charge >= 0.3 is 0 Å². The van der Waals surface area contributed by atoms with Crippen LogP contribution in [0.5, 0.6) is 0 Å². The van der Waals surface area contributed by atoms with E-state index in [0.717, 1.165) is 27.8 Å². The third-order valence-electron chi connectivity index (χ3n) is 6.64. The molecule has 2 heterocycles. The van der Waals surface area contributed by atoms with Crippen LogP contribution in [0, 0.1) is 11.3 Å². The van der Waals surface area contributed by atoms with Crippen molar-refractivity contribution in [3.63, 3.8) is 0 Å². The van der Waals surface area contributed by atoms with Crippen LogP contribution >= 0.6 is 11.3 Å². The molecule has 0 saturated heterocycles. The summed E-state index contributed by atoms with van der Waals surface area (Å²) in [5.41, 5.74) is 6.30. The maximum atomic E-state index is 9.76. The monoisotopic (exact) mass is 450 g/mol. The molecule has 0 amide bonds. The van der Waals surface area contributed by atoms with Gasteiger partial charge in [0.1, 0.15) is 0 Å². The Morgan fingerprint density at radius 2 is 1.24 bits per heavy atom. The van der Waals surface area contributed by atoms with E-state index in [1.54, 1.807) is 0 Å². The second-order valence-electron chi connectivity index (χ2n) is 8.49. The molecular formula is C31H18N2S. The first-order valence-corrected chi connectivity index (χ1v) is 12.1. The van der Waals surface area contributed by atoms with Crippen LogP contribution in [0.2, 0.25) is 0 Å². The van der Waals surface area contributed by atoms with Crippen LogP contribution in [0.4, 0.5) is 0 Å². The molecule has 2 nitrogen and oxygen atoms in total. The number of hydrogen-bond acceptors (Lipinski definition) is 2. The molecule has 34 heavy (non-hydrogen) atoms. The minimum absolute atomic E-state index is 0.663. The molecule has 0 saturated carbocycles. The number of nitrogens with zero attached hydrogens (tertiary/aromatic N) is 2. The zero-order valence-electron chi connectivity index (χ0n) is 18.2. The van der Waals surface area contributed by atoms with Crippen molar-refractivity contribution in [2.24, 2.45) is 0 Å². The number of benzene rings is 5. The fourth-order valence-electron chi connectivity index (χ4n) is 5.20. The van der Waals surface area contributed by atoms with Crippen LogP contribution in [0.25, 0.3) is 58.8 Å². The highest BCUT2D eigenvalue weighted by atomic mass is 32.1. The maximum Gasteiger partial charge on any atom is 0.0991 e. The van der Waals surface area contributed by atoms with Crippen molar-refractivity contribution in [3.05, 3.63) is 115 Å². The first-order valence-electron chi connectivity index (χ1n) is 11.3. The number of hydrogen-bond donors (Lipinski definition) is 0. The van der Waals surface area contributed by atoms with Gasteiger partial charge in [-0.2, -0.15) is 5.26 Å². The molecule has 0 aliphatic rings. The van der Waals surface area contributed by atoms with Crippen LogP contribution < -0.4 is 0 Å². The van der Waals surface area contributed by atoms with E-state index in [2.05, 4.69) is 108 Å².